The summed E-state index contributed by atoms with van der Waals surface area (Å²) in [5, 5.41) is 0. The first kappa shape index (κ1) is 13.3. The highest BCUT2D eigenvalue weighted by atomic mass is 79.9. The number of primary amides is 1. The van der Waals surface area contributed by atoms with Crippen molar-refractivity contribution in [3.63, 3.8) is 0 Å². The highest BCUT2D eigenvalue weighted by Crippen LogP contribution is 2.32. The van der Waals surface area contributed by atoms with Crippen molar-refractivity contribution in [2.45, 2.75) is 0 Å². The lowest BCUT2D eigenvalue weighted by molar-refractivity contribution is 0.100. The number of nitrogens with two attached hydrogens (primary N) is 1. The molecule has 0 saturated carbocycles. The van der Waals surface area contributed by atoms with Crippen LogP contribution in [0.4, 0.5) is 0 Å². The van der Waals surface area contributed by atoms with Gasteiger partial charge in [0.2, 0.25) is 11.8 Å². The molecule has 0 aliphatic rings. The maximum atomic E-state index is 11.2. The van der Waals surface area contributed by atoms with Crippen molar-refractivity contribution < 1.29 is 9.21 Å². The highest BCUT2D eigenvalue weighted by molar-refractivity contribution is 9.11. The van der Waals surface area contributed by atoms with Crippen molar-refractivity contribution >= 4 is 48.9 Å². The second-order valence-corrected chi connectivity index (χ2v) is 5.96. The molecule has 1 heterocycles. The number of aromatic nitrogens is 1. The van der Waals surface area contributed by atoms with E-state index in [1.807, 2.05) is 18.2 Å². The molecule has 6 heteroatoms. The summed E-state index contributed by atoms with van der Waals surface area (Å²) in [5.74, 6) is 0.00210. The van der Waals surface area contributed by atoms with Crippen molar-refractivity contribution in [3.8, 4) is 11.5 Å². The third kappa shape index (κ3) is 2.36. The van der Waals surface area contributed by atoms with E-state index in [0.717, 1.165) is 14.5 Å². The molecule has 1 aromatic heterocycles. The summed E-state index contributed by atoms with van der Waals surface area (Å²) in [4.78, 5) is 15.6. The summed E-state index contributed by atoms with van der Waals surface area (Å²) < 4.78 is 7.53. The summed E-state index contributed by atoms with van der Waals surface area (Å²) >= 11 is 6.87. The average molecular weight is 396 g/mol. The number of nitrogens with zero attached hydrogens (tertiary/aromatic N) is 1. The fourth-order valence-corrected chi connectivity index (χ4v) is 3.08. The van der Waals surface area contributed by atoms with Crippen LogP contribution in [0.25, 0.3) is 22.6 Å². The summed E-state index contributed by atoms with van der Waals surface area (Å²) in [5.41, 5.74) is 7.71. The predicted octanol–water partition coefficient (Wildman–Crippen LogP) is 4.12. The van der Waals surface area contributed by atoms with Crippen molar-refractivity contribution in [3.05, 3.63) is 50.9 Å². The fraction of sp³-hybridized carbons (Fsp3) is 0. The van der Waals surface area contributed by atoms with Gasteiger partial charge in [-0.05, 0) is 52.3 Å². The van der Waals surface area contributed by atoms with E-state index in [0.29, 0.717) is 22.6 Å². The van der Waals surface area contributed by atoms with Crippen LogP contribution in [0, 0.1) is 0 Å². The second-order valence-electron chi connectivity index (χ2n) is 4.19. The van der Waals surface area contributed by atoms with Gasteiger partial charge in [-0.25, -0.2) is 4.98 Å². The minimum Gasteiger partial charge on any atom is -0.436 e. The zero-order chi connectivity index (χ0) is 14.3. The number of carbonyl (C=O) groups excluding carboxylic acids is 1. The van der Waals surface area contributed by atoms with E-state index in [1.165, 1.54) is 0 Å². The van der Waals surface area contributed by atoms with E-state index in [1.54, 1.807) is 18.2 Å². The van der Waals surface area contributed by atoms with Crippen molar-refractivity contribution in [2.24, 2.45) is 5.73 Å². The summed E-state index contributed by atoms with van der Waals surface area (Å²) in [6.45, 7) is 0. The van der Waals surface area contributed by atoms with Crippen molar-refractivity contribution in [1.29, 1.82) is 0 Å². The molecule has 100 valence electrons. The normalized spacial score (nSPS) is 10.9. The second kappa shape index (κ2) is 5.03. The average Bonchev–Trinajstić information content (AvgIpc) is 2.80. The van der Waals surface area contributed by atoms with Crippen molar-refractivity contribution in [1.82, 2.24) is 4.98 Å². The lowest BCUT2D eigenvalue weighted by Gasteiger charge is -1.99. The van der Waals surface area contributed by atoms with Gasteiger partial charge in [-0.2, -0.15) is 0 Å². The lowest BCUT2D eigenvalue weighted by atomic mass is 10.2. The van der Waals surface area contributed by atoms with Crippen LogP contribution in [-0.2, 0) is 0 Å². The molecule has 1 amide bonds. The molecule has 3 aromatic rings. The molecule has 0 unspecified atom stereocenters. The van der Waals surface area contributed by atoms with Crippen LogP contribution in [0.3, 0.4) is 0 Å². The fourth-order valence-electron chi connectivity index (χ4n) is 1.86. The van der Waals surface area contributed by atoms with E-state index in [-0.39, 0.29) is 0 Å². The minimum atomic E-state index is -0.485. The van der Waals surface area contributed by atoms with Gasteiger partial charge >= 0.3 is 0 Å². The molecule has 0 atom stereocenters. The van der Waals surface area contributed by atoms with Gasteiger partial charge in [-0.3, -0.25) is 4.79 Å². The molecule has 20 heavy (non-hydrogen) atoms. The van der Waals surface area contributed by atoms with E-state index in [2.05, 4.69) is 36.8 Å². The topological polar surface area (TPSA) is 69.1 Å². The maximum Gasteiger partial charge on any atom is 0.248 e. The molecule has 2 N–H and O–H groups in total. The van der Waals surface area contributed by atoms with E-state index in [9.17, 15) is 4.79 Å². The number of rotatable bonds is 2. The molecule has 4 nitrogen and oxygen atoms in total. The van der Waals surface area contributed by atoms with Gasteiger partial charge in [0.25, 0.3) is 0 Å². The number of oxazole rings is 1. The first-order valence-electron chi connectivity index (χ1n) is 5.70. The molecular formula is C14H8Br2N2O2. The zero-order valence-corrected chi connectivity index (χ0v) is 13.2. The Morgan fingerprint density at radius 2 is 1.95 bits per heavy atom. The third-order valence-electron chi connectivity index (χ3n) is 2.83. The predicted molar refractivity (Wildman–Crippen MR) is 83.4 cm³/mol. The molecule has 0 fully saturated rings. The molecule has 3 rings (SSSR count). The summed E-state index contributed by atoms with van der Waals surface area (Å²) in [6.07, 6.45) is 0. The van der Waals surface area contributed by atoms with Crippen molar-refractivity contribution in [2.75, 3.05) is 0 Å². The monoisotopic (exact) mass is 394 g/mol. The van der Waals surface area contributed by atoms with E-state index >= 15 is 0 Å². The van der Waals surface area contributed by atoms with E-state index < -0.39 is 5.91 Å². The van der Waals surface area contributed by atoms with Gasteiger partial charge in [0.05, 0.1) is 5.56 Å². The first-order valence-corrected chi connectivity index (χ1v) is 7.29. The Labute approximate surface area is 131 Å². The molecule has 0 aliphatic heterocycles. The summed E-state index contributed by atoms with van der Waals surface area (Å²) in [6, 6.07) is 10.7. The van der Waals surface area contributed by atoms with Gasteiger partial charge in [-0.1, -0.05) is 15.9 Å². The molecule has 0 saturated heterocycles. The molecule has 2 aromatic carbocycles. The zero-order valence-electron chi connectivity index (χ0n) is 10.1. The first-order chi connectivity index (χ1) is 9.54. The van der Waals surface area contributed by atoms with Gasteiger partial charge < -0.3 is 10.2 Å². The Hall–Kier alpha value is -1.66. The van der Waals surface area contributed by atoms with Gasteiger partial charge in [-0.15, -0.1) is 0 Å². The summed E-state index contributed by atoms with van der Waals surface area (Å²) in [7, 11) is 0. The Morgan fingerprint density at radius 1 is 1.15 bits per heavy atom. The van der Waals surface area contributed by atoms with Gasteiger partial charge in [0.15, 0.2) is 5.58 Å². The Kier molecular flexibility index (Phi) is 3.35. The number of fused-ring (bicyclic) bond motifs is 1. The molecular weight excluding hydrogens is 388 g/mol. The number of amides is 1. The van der Waals surface area contributed by atoms with Gasteiger partial charge in [0, 0.05) is 14.5 Å². The standard InChI is InChI=1S/C14H8Br2N2O2/c15-8-2-3-9(10(16)6-8)14-18-11-5-7(13(17)19)1-4-12(11)20-14/h1-6H,(H2,17,19). The Bertz CT molecular complexity index is 827. The maximum absolute atomic E-state index is 11.2. The molecule has 0 bridgehead atoms. The SMILES string of the molecule is NC(=O)c1ccc2oc(-c3ccc(Br)cc3Br)nc2c1. The Balaban J connectivity index is 2.15. The van der Waals surface area contributed by atoms with Crippen LogP contribution in [0.2, 0.25) is 0 Å². The molecule has 0 spiro atoms. The van der Waals surface area contributed by atoms with Crippen LogP contribution >= 0.6 is 31.9 Å². The van der Waals surface area contributed by atoms with E-state index in [4.69, 9.17) is 10.2 Å². The number of benzene rings is 2. The number of hydrogen-bond donors (Lipinski definition) is 1. The quantitative estimate of drug-likeness (QED) is 0.709. The van der Waals surface area contributed by atoms with Crippen LogP contribution in [0.5, 0.6) is 0 Å². The van der Waals surface area contributed by atoms with Crippen LogP contribution in [-0.4, -0.2) is 10.9 Å². The van der Waals surface area contributed by atoms with Crippen LogP contribution in [0.15, 0.2) is 49.8 Å². The largest absolute Gasteiger partial charge is 0.436 e. The number of carbonyl (C=O) groups is 1. The number of hydrogen-bond acceptors (Lipinski definition) is 3. The minimum absolute atomic E-state index is 0.409. The smallest absolute Gasteiger partial charge is 0.248 e. The Morgan fingerprint density at radius 3 is 2.65 bits per heavy atom. The number of halogens is 2. The highest BCUT2D eigenvalue weighted by Gasteiger charge is 2.13. The van der Waals surface area contributed by atoms with Crippen LogP contribution < -0.4 is 5.73 Å². The third-order valence-corrected chi connectivity index (χ3v) is 3.98. The van der Waals surface area contributed by atoms with Gasteiger partial charge in [0.1, 0.15) is 5.52 Å². The lowest BCUT2D eigenvalue weighted by Crippen LogP contribution is -2.10. The molecule has 0 radical (unpaired) electrons. The molecule has 0 aliphatic carbocycles. The van der Waals surface area contributed by atoms with Crippen LogP contribution in [0.1, 0.15) is 10.4 Å².